The summed E-state index contributed by atoms with van der Waals surface area (Å²) >= 11 is 0. The van der Waals surface area contributed by atoms with Crippen LogP contribution in [-0.2, 0) is 16.0 Å². The number of pyridine rings is 1. The number of nitrogens with one attached hydrogen (secondary N) is 2. The number of carbonyl (C=O) groups excluding carboxylic acids is 1. The zero-order valence-electron chi connectivity index (χ0n) is 12.7. The van der Waals surface area contributed by atoms with Crippen LogP contribution in [0.4, 0.5) is 5.69 Å². The Labute approximate surface area is 132 Å². The molecule has 3 heterocycles. The highest BCUT2D eigenvalue weighted by atomic mass is 16.5. The molecule has 0 radical (unpaired) electrons. The molecule has 1 atom stereocenters. The van der Waals surface area contributed by atoms with E-state index in [1.807, 2.05) is 37.3 Å². The third kappa shape index (κ3) is 2.47. The molecule has 0 saturated carbocycles. The zero-order chi connectivity index (χ0) is 15.8. The first-order valence-corrected chi connectivity index (χ1v) is 7.53. The Balaban J connectivity index is 1.61. The van der Waals surface area contributed by atoms with Crippen molar-refractivity contribution in [2.24, 2.45) is 0 Å². The van der Waals surface area contributed by atoms with Crippen LogP contribution in [0, 0.1) is 6.92 Å². The van der Waals surface area contributed by atoms with Crippen LogP contribution in [0.25, 0.3) is 11.0 Å². The smallest absolute Gasteiger partial charge is 0.258 e. The number of carbonyl (C=O) groups is 1. The summed E-state index contributed by atoms with van der Waals surface area (Å²) in [5.74, 6) is -0.181. The van der Waals surface area contributed by atoms with Crippen LogP contribution in [0.5, 0.6) is 0 Å². The first-order chi connectivity index (χ1) is 11.2. The number of aromatic nitrogens is 3. The van der Waals surface area contributed by atoms with Gasteiger partial charge in [0.15, 0.2) is 11.8 Å². The Bertz CT molecular complexity index is 887. The average molecular weight is 308 g/mol. The van der Waals surface area contributed by atoms with Gasteiger partial charge in [-0.05, 0) is 30.5 Å². The van der Waals surface area contributed by atoms with Crippen LogP contribution < -0.4 is 5.32 Å². The molecule has 0 spiro atoms. The van der Waals surface area contributed by atoms with Gasteiger partial charge in [0.05, 0.1) is 18.5 Å². The van der Waals surface area contributed by atoms with E-state index in [0.29, 0.717) is 17.9 Å². The Hall–Kier alpha value is -2.73. The number of H-pyrrole nitrogens is 1. The van der Waals surface area contributed by atoms with Crippen LogP contribution in [0.15, 0.2) is 36.5 Å². The molecule has 6 heteroatoms. The van der Waals surface area contributed by atoms with Gasteiger partial charge in [-0.1, -0.05) is 24.3 Å². The number of rotatable bonds is 2. The maximum absolute atomic E-state index is 12.6. The standard InChI is InChI=1S/C17H16N4O2/c1-10-14-8-12(9-18-16(14)21-20-10)19-17(22)15-13-5-3-2-4-11(13)6-7-23-15/h2-5,8-9,15H,6-7H2,1H3,(H,19,22)(H,18,20,21). The van der Waals surface area contributed by atoms with E-state index in [2.05, 4.69) is 20.5 Å². The first kappa shape index (κ1) is 13.9. The van der Waals surface area contributed by atoms with Crippen molar-refractivity contribution in [3.63, 3.8) is 0 Å². The Morgan fingerprint density at radius 2 is 2.26 bits per heavy atom. The summed E-state index contributed by atoms with van der Waals surface area (Å²) in [5.41, 5.74) is 4.30. The van der Waals surface area contributed by atoms with Gasteiger partial charge < -0.3 is 10.1 Å². The average Bonchev–Trinajstić information content (AvgIpc) is 2.95. The van der Waals surface area contributed by atoms with E-state index in [0.717, 1.165) is 28.6 Å². The molecule has 1 aliphatic rings. The lowest BCUT2D eigenvalue weighted by molar-refractivity contribution is -0.128. The minimum absolute atomic E-state index is 0.181. The molecule has 0 aliphatic carbocycles. The topological polar surface area (TPSA) is 79.9 Å². The van der Waals surface area contributed by atoms with Gasteiger partial charge in [-0.2, -0.15) is 5.10 Å². The second-order valence-electron chi connectivity index (χ2n) is 5.63. The predicted molar refractivity (Wildman–Crippen MR) is 86.1 cm³/mol. The van der Waals surface area contributed by atoms with Crippen molar-refractivity contribution in [2.45, 2.75) is 19.4 Å². The van der Waals surface area contributed by atoms with Crippen LogP contribution in [-0.4, -0.2) is 27.7 Å². The lowest BCUT2D eigenvalue weighted by Crippen LogP contribution is -2.28. The molecule has 3 aromatic rings. The fraction of sp³-hybridized carbons (Fsp3) is 0.235. The van der Waals surface area contributed by atoms with Crippen molar-refractivity contribution in [3.05, 3.63) is 53.3 Å². The number of hydrogen-bond donors (Lipinski definition) is 2. The first-order valence-electron chi connectivity index (χ1n) is 7.53. The summed E-state index contributed by atoms with van der Waals surface area (Å²) in [6.45, 7) is 2.47. The van der Waals surface area contributed by atoms with E-state index in [4.69, 9.17) is 4.74 Å². The molecule has 116 valence electrons. The third-order valence-electron chi connectivity index (χ3n) is 4.10. The largest absolute Gasteiger partial charge is 0.363 e. The fourth-order valence-electron chi connectivity index (χ4n) is 2.91. The quantitative estimate of drug-likeness (QED) is 0.762. The number of amides is 1. The van der Waals surface area contributed by atoms with Gasteiger partial charge in [0.25, 0.3) is 5.91 Å². The van der Waals surface area contributed by atoms with Crippen molar-refractivity contribution in [1.82, 2.24) is 15.2 Å². The molecular formula is C17H16N4O2. The number of anilines is 1. The highest BCUT2D eigenvalue weighted by Gasteiger charge is 2.27. The summed E-state index contributed by atoms with van der Waals surface area (Å²) in [6, 6.07) is 9.77. The summed E-state index contributed by atoms with van der Waals surface area (Å²) in [6.07, 6.45) is 1.86. The highest BCUT2D eigenvalue weighted by Crippen LogP contribution is 2.28. The van der Waals surface area contributed by atoms with Crippen LogP contribution >= 0.6 is 0 Å². The van der Waals surface area contributed by atoms with Crippen molar-refractivity contribution in [1.29, 1.82) is 0 Å². The lowest BCUT2D eigenvalue weighted by atomic mass is 9.97. The number of aromatic amines is 1. The molecule has 0 fully saturated rings. The van der Waals surface area contributed by atoms with Gasteiger partial charge in [0.1, 0.15) is 0 Å². The minimum Gasteiger partial charge on any atom is -0.363 e. The Kier molecular flexibility index (Phi) is 3.31. The van der Waals surface area contributed by atoms with E-state index >= 15 is 0 Å². The van der Waals surface area contributed by atoms with Crippen molar-refractivity contribution in [3.8, 4) is 0 Å². The second-order valence-corrected chi connectivity index (χ2v) is 5.63. The second kappa shape index (κ2) is 5.48. The molecular weight excluding hydrogens is 292 g/mol. The van der Waals surface area contributed by atoms with Gasteiger partial charge in [0.2, 0.25) is 0 Å². The van der Waals surface area contributed by atoms with E-state index < -0.39 is 6.10 Å². The van der Waals surface area contributed by atoms with Gasteiger partial charge in [-0.15, -0.1) is 0 Å². The van der Waals surface area contributed by atoms with E-state index in [1.54, 1.807) is 6.20 Å². The number of aryl methyl sites for hydroxylation is 1. The summed E-state index contributed by atoms with van der Waals surface area (Å²) in [4.78, 5) is 16.8. The molecule has 1 unspecified atom stereocenters. The maximum atomic E-state index is 12.6. The van der Waals surface area contributed by atoms with E-state index in [1.165, 1.54) is 0 Å². The molecule has 23 heavy (non-hydrogen) atoms. The predicted octanol–water partition coefficient (Wildman–Crippen LogP) is 2.52. The molecule has 6 nitrogen and oxygen atoms in total. The van der Waals surface area contributed by atoms with Crippen molar-refractivity contribution >= 4 is 22.6 Å². The molecule has 2 aromatic heterocycles. The van der Waals surface area contributed by atoms with Crippen LogP contribution in [0.1, 0.15) is 22.9 Å². The number of hydrogen-bond acceptors (Lipinski definition) is 4. The molecule has 1 amide bonds. The van der Waals surface area contributed by atoms with Gasteiger partial charge in [0, 0.05) is 11.1 Å². The normalized spacial score (nSPS) is 17.0. The monoisotopic (exact) mass is 308 g/mol. The molecule has 1 aliphatic heterocycles. The number of ether oxygens (including phenoxy) is 1. The molecule has 0 bridgehead atoms. The fourth-order valence-corrected chi connectivity index (χ4v) is 2.91. The van der Waals surface area contributed by atoms with E-state index in [9.17, 15) is 4.79 Å². The lowest BCUT2D eigenvalue weighted by Gasteiger charge is -2.25. The third-order valence-corrected chi connectivity index (χ3v) is 4.10. The molecule has 2 N–H and O–H groups in total. The SMILES string of the molecule is Cc1[nH]nc2ncc(NC(=O)C3OCCc4ccccc43)cc12. The van der Waals surface area contributed by atoms with Gasteiger partial charge in [-0.25, -0.2) is 4.98 Å². The minimum atomic E-state index is -0.582. The molecule has 0 saturated heterocycles. The summed E-state index contributed by atoms with van der Waals surface area (Å²) in [5, 5.41) is 10.8. The number of nitrogens with zero attached hydrogens (tertiary/aromatic N) is 2. The van der Waals surface area contributed by atoms with Crippen molar-refractivity contribution < 1.29 is 9.53 Å². The van der Waals surface area contributed by atoms with Gasteiger partial charge >= 0.3 is 0 Å². The zero-order valence-corrected chi connectivity index (χ0v) is 12.7. The summed E-state index contributed by atoms with van der Waals surface area (Å²) in [7, 11) is 0. The molecule has 4 rings (SSSR count). The van der Waals surface area contributed by atoms with Crippen molar-refractivity contribution in [2.75, 3.05) is 11.9 Å². The Morgan fingerprint density at radius 1 is 1.39 bits per heavy atom. The molecule has 1 aromatic carbocycles. The highest BCUT2D eigenvalue weighted by molar-refractivity contribution is 5.96. The van der Waals surface area contributed by atoms with Crippen LogP contribution in [0.2, 0.25) is 0 Å². The van der Waals surface area contributed by atoms with Crippen LogP contribution in [0.3, 0.4) is 0 Å². The summed E-state index contributed by atoms with van der Waals surface area (Å²) < 4.78 is 5.68. The number of benzene rings is 1. The Morgan fingerprint density at radius 3 is 3.17 bits per heavy atom. The van der Waals surface area contributed by atoms with Gasteiger partial charge in [-0.3, -0.25) is 9.89 Å². The van der Waals surface area contributed by atoms with E-state index in [-0.39, 0.29) is 5.91 Å². The number of fused-ring (bicyclic) bond motifs is 2. The maximum Gasteiger partial charge on any atom is 0.258 e.